The van der Waals surface area contributed by atoms with E-state index in [9.17, 15) is 0 Å². The first-order valence-corrected chi connectivity index (χ1v) is 7.50. The molecule has 0 spiro atoms. The smallest absolute Gasteiger partial charge is 0.0438 e. The van der Waals surface area contributed by atoms with Gasteiger partial charge in [-0.2, -0.15) is 0 Å². The molecular formula is C16H26ClN. The van der Waals surface area contributed by atoms with Crippen molar-refractivity contribution in [3.8, 4) is 0 Å². The third-order valence-electron chi connectivity index (χ3n) is 3.29. The van der Waals surface area contributed by atoms with Gasteiger partial charge in [-0.05, 0) is 38.3 Å². The Morgan fingerprint density at radius 3 is 2.50 bits per heavy atom. The molecule has 0 radical (unpaired) electrons. The molecule has 0 aliphatic carbocycles. The molecule has 1 nitrogen and oxygen atoms in total. The largest absolute Gasteiger partial charge is 0.311 e. The third-order valence-corrected chi connectivity index (χ3v) is 3.66. The van der Waals surface area contributed by atoms with Crippen LogP contribution in [0.1, 0.15) is 52.0 Å². The van der Waals surface area contributed by atoms with E-state index in [4.69, 9.17) is 11.6 Å². The maximum absolute atomic E-state index is 6.18. The van der Waals surface area contributed by atoms with E-state index in [1.807, 2.05) is 12.1 Å². The summed E-state index contributed by atoms with van der Waals surface area (Å²) >= 11 is 6.18. The number of hydrogen-bond donors (Lipinski definition) is 1. The standard InChI is InChI=1S/C16H26ClN/c1-4-5-6-9-13(2)18-14(3)12-15-10-7-8-11-16(15)17/h7-8,10-11,13-14,18H,4-6,9,12H2,1-3H3. The fraction of sp³-hybridized carbons (Fsp3) is 0.625. The molecule has 102 valence electrons. The quantitative estimate of drug-likeness (QED) is 0.665. The summed E-state index contributed by atoms with van der Waals surface area (Å²) in [5.41, 5.74) is 1.24. The molecule has 0 saturated carbocycles. The Morgan fingerprint density at radius 1 is 1.11 bits per heavy atom. The van der Waals surface area contributed by atoms with E-state index in [0.717, 1.165) is 11.4 Å². The predicted molar refractivity (Wildman–Crippen MR) is 81.4 cm³/mol. The summed E-state index contributed by atoms with van der Waals surface area (Å²) in [5.74, 6) is 0. The molecular weight excluding hydrogens is 242 g/mol. The van der Waals surface area contributed by atoms with Gasteiger partial charge in [0.25, 0.3) is 0 Å². The third kappa shape index (κ3) is 5.88. The van der Waals surface area contributed by atoms with E-state index in [0.29, 0.717) is 12.1 Å². The van der Waals surface area contributed by atoms with Crippen molar-refractivity contribution in [2.75, 3.05) is 0 Å². The molecule has 2 heteroatoms. The Morgan fingerprint density at radius 2 is 1.83 bits per heavy atom. The van der Waals surface area contributed by atoms with Crippen LogP contribution in [0.15, 0.2) is 24.3 Å². The van der Waals surface area contributed by atoms with Crippen molar-refractivity contribution in [2.45, 2.75) is 65.0 Å². The highest BCUT2D eigenvalue weighted by molar-refractivity contribution is 6.31. The number of hydrogen-bond acceptors (Lipinski definition) is 1. The van der Waals surface area contributed by atoms with Crippen LogP contribution < -0.4 is 5.32 Å². The highest BCUT2D eigenvalue weighted by Gasteiger charge is 2.09. The van der Waals surface area contributed by atoms with Crippen molar-refractivity contribution in [3.05, 3.63) is 34.9 Å². The molecule has 1 aromatic rings. The molecule has 0 amide bonds. The highest BCUT2D eigenvalue weighted by atomic mass is 35.5. The van der Waals surface area contributed by atoms with Crippen molar-refractivity contribution in [1.82, 2.24) is 5.32 Å². The molecule has 0 bridgehead atoms. The van der Waals surface area contributed by atoms with E-state index in [1.54, 1.807) is 0 Å². The minimum absolute atomic E-state index is 0.474. The second-order valence-corrected chi connectivity index (χ2v) is 5.67. The summed E-state index contributed by atoms with van der Waals surface area (Å²) in [4.78, 5) is 0. The van der Waals surface area contributed by atoms with Crippen LogP contribution in [0, 0.1) is 0 Å². The lowest BCUT2D eigenvalue weighted by molar-refractivity contribution is 0.430. The van der Waals surface area contributed by atoms with Crippen LogP contribution >= 0.6 is 11.6 Å². The second kappa shape index (κ2) is 8.55. The molecule has 1 aromatic carbocycles. The Bertz CT molecular complexity index is 338. The minimum Gasteiger partial charge on any atom is -0.311 e. The van der Waals surface area contributed by atoms with Gasteiger partial charge in [0.15, 0.2) is 0 Å². The van der Waals surface area contributed by atoms with Crippen LogP contribution in [0.2, 0.25) is 5.02 Å². The fourth-order valence-electron chi connectivity index (χ4n) is 2.32. The Kier molecular flexibility index (Phi) is 7.38. The van der Waals surface area contributed by atoms with Gasteiger partial charge in [-0.1, -0.05) is 56.0 Å². The first-order chi connectivity index (χ1) is 8.63. The van der Waals surface area contributed by atoms with Gasteiger partial charge in [0.1, 0.15) is 0 Å². The van der Waals surface area contributed by atoms with Crippen molar-refractivity contribution >= 4 is 11.6 Å². The molecule has 0 heterocycles. The van der Waals surface area contributed by atoms with Crippen LogP contribution in [-0.4, -0.2) is 12.1 Å². The van der Waals surface area contributed by atoms with E-state index < -0.39 is 0 Å². The molecule has 2 unspecified atom stereocenters. The van der Waals surface area contributed by atoms with E-state index >= 15 is 0 Å². The maximum atomic E-state index is 6.18. The molecule has 1 rings (SSSR count). The van der Waals surface area contributed by atoms with E-state index in [-0.39, 0.29) is 0 Å². The summed E-state index contributed by atoms with van der Waals surface area (Å²) in [5, 5.41) is 4.54. The summed E-state index contributed by atoms with van der Waals surface area (Å²) in [6, 6.07) is 9.18. The zero-order chi connectivity index (χ0) is 13.4. The molecule has 0 aliphatic rings. The van der Waals surface area contributed by atoms with Crippen LogP contribution in [0.5, 0.6) is 0 Å². The van der Waals surface area contributed by atoms with E-state index in [1.165, 1.54) is 31.2 Å². The molecule has 0 aliphatic heterocycles. The Hall–Kier alpha value is -0.530. The first-order valence-electron chi connectivity index (χ1n) is 7.13. The van der Waals surface area contributed by atoms with Gasteiger partial charge in [-0.15, -0.1) is 0 Å². The molecule has 0 aromatic heterocycles. The SMILES string of the molecule is CCCCCC(C)NC(C)Cc1ccccc1Cl. The van der Waals surface area contributed by atoms with Gasteiger partial charge in [-0.25, -0.2) is 0 Å². The first kappa shape index (κ1) is 15.5. The minimum atomic E-state index is 0.474. The maximum Gasteiger partial charge on any atom is 0.0438 e. The number of nitrogens with one attached hydrogen (secondary N) is 1. The Labute approximate surface area is 117 Å². The van der Waals surface area contributed by atoms with Crippen molar-refractivity contribution in [2.24, 2.45) is 0 Å². The normalized spacial score (nSPS) is 14.4. The fourth-order valence-corrected chi connectivity index (χ4v) is 2.54. The summed E-state index contributed by atoms with van der Waals surface area (Å²) in [6.45, 7) is 6.76. The topological polar surface area (TPSA) is 12.0 Å². The molecule has 0 fully saturated rings. The highest BCUT2D eigenvalue weighted by Crippen LogP contribution is 2.17. The van der Waals surface area contributed by atoms with Gasteiger partial charge in [0.05, 0.1) is 0 Å². The van der Waals surface area contributed by atoms with Crippen LogP contribution in [0.4, 0.5) is 0 Å². The van der Waals surface area contributed by atoms with Crippen LogP contribution in [0.25, 0.3) is 0 Å². The molecule has 0 saturated heterocycles. The van der Waals surface area contributed by atoms with Crippen molar-refractivity contribution < 1.29 is 0 Å². The number of unbranched alkanes of at least 4 members (excludes halogenated alkanes) is 2. The lowest BCUT2D eigenvalue weighted by Gasteiger charge is -2.20. The lowest BCUT2D eigenvalue weighted by atomic mass is 10.0. The summed E-state index contributed by atoms with van der Waals surface area (Å²) in [7, 11) is 0. The zero-order valence-electron chi connectivity index (χ0n) is 11.9. The monoisotopic (exact) mass is 267 g/mol. The van der Waals surface area contributed by atoms with Gasteiger partial charge >= 0.3 is 0 Å². The second-order valence-electron chi connectivity index (χ2n) is 5.26. The van der Waals surface area contributed by atoms with Crippen LogP contribution in [-0.2, 0) is 6.42 Å². The number of rotatable bonds is 8. The van der Waals surface area contributed by atoms with Gasteiger partial charge < -0.3 is 5.32 Å². The number of benzene rings is 1. The van der Waals surface area contributed by atoms with Gasteiger partial charge in [0.2, 0.25) is 0 Å². The van der Waals surface area contributed by atoms with Gasteiger partial charge in [-0.3, -0.25) is 0 Å². The predicted octanol–water partition coefficient (Wildman–Crippen LogP) is 4.83. The molecule has 2 atom stereocenters. The lowest BCUT2D eigenvalue weighted by Crippen LogP contribution is -2.35. The number of halogens is 1. The molecule has 18 heavy (non-hydrogen) atoms. The zero-order valence-corrected chi connectivity index (χ0v) is 12.6. The summed E-state index contributed by atoms with van der Waals surface area (Å²) < 4.78 is 0. The van der Waals surface area contributed by atoms with Crippen molar-refractivity contribution in [1.29, 1.82) is 0 Å². The van der Waals surface area contributed by atoms with Gasteiger partial charge in [0, 0.05) is 17.1 Å². The average Bonchev–Trinajstić information content (AvgIpc) is 2.32. The van der Waals surface area contributed by atoms with E-state index in [2.05, 4.69) is 38.2 Å². The summed E-state index contributed by atoms with van der Waals surface area (Å²) in [6.07, 6.45) is 6.22. The average molecular weight is 268 g/mol. The molecule has 1 N–H and O–H groups in total. The van der Waals surface area contributed by atoms with Crippen LogP contribution in [0.3, 0.4) is 0 Å². The Balaban J connectivity index is 2.33. The van der Waals surface area contributed by atoms with Crippen molar-refractivity contribution in [3.63, 3.8) is 0 Å².